The number of carbonyl (C=O) groups excluding carboxylic acids is 2. The fraction of sp³-hybridized carbons (Fsp3) is 0.419. The zero-order valence-corrected chi connectivity index (χ0v) is 25.7. The summed E-state index contributed by atoms with van der Waals surface area (Å²) in [6.07, 6.45) is 0.0158. The molecule has 11 nitrogen and oxygen atoms in total. The number of ketones is 1. The number of alkyl carbamates (subject to hydrolysis) is 1. The molecule has 1 fully saturated rings. The average Bonchev–Trinajstić information content (AvgIpc) is 2.94. The molecule has 3 aromatic carbocycles. The maximum absolute atomic E-state index is 13.9. The van der Waals surface area contributed by atoms with Gasteiger partial charge in [0.25, 0.3) is 5.69 Å². The van der Waals surface area contributed by atoms with Gasteiger partial charge in [0.15, 0.2) is 4.90 Å². The zero-order chi connectivity index (χ0) is 31.4. The quantitative estimate of drug-likeness (QED) is 0.261. The van der Waals surface area contributed by atoms with Gasteiger partial charge in [0.1, 0.15) is 11.4 Å². The van der Waals surface area contributed by atoms with Crippen molar-refractivity contribution < 1.29 is 27.7 Å². The number of para-hydroxylation sites is 1. The number of hydrogen-bond donors (Lipinski definition) is 1. The summed E-state index contributed by atoms with van der Waals surface area (Å²) >= 11 is 0. The van der Waals surface area contributed by atoms with Gasteiger partial charge >= 0.3 is 6.09 Å². The van der Waals surface area contributed by atoms with Gasteiger partial charge < -0.3 is 10.1 Å². The van der Waals surface area contributed by atoms with Gasteiger partial charge in [-0.1, -0.05) is 54.6 Å². The second-order valence-electron chi connectivity index (χ2n) is 11.7. The lowest BCUT2D eigenvalue weighted by Gasteiger charge is -2.43. The van der Waals surface area contributed by atoms with Gasteiger partial charge in [-0.3, -0.25) is 19.8 Å². The van der Waals surface area contributed by atoms with Crippen molar-refractivity contribution in [2.45, 2.75) is 63.1 Å². The predicted octanol–water partition coefficient (Wildman–Crippen LogP) is 4.54. The van der Waals surface area contributed by atoms with Crippen LogP contribution in [-0.4, -0.2) is 78.3 Å². The van der Waals surface area contributed by atoms with Gasteiger partial charge in [-0.05, 0) is 62.9 Å². The van der Waals surface area contributed by atoms with E-state index in [1.54, 1.807) is 20.8 Å². The van der Waals surface area contributed by atoms with Crippen LogP contribution >= 0.6 is 0 Å². The Kier molecular flexibility index (Phi) is 9.83. The number of nitro benzene ring substituents is 1. The Labute approximate surface area is 252 Å². The van der Waals surface area contributed by atoms with Crippen molar-refractivity contribution in [2.75, 3.05) is 26.2 Å². The van der Waals surface area contributed by atoms with Crippen LogP contribution < -0.4 is 5.32 Å². The first-order valence-corrected chi connectivity index (χ1v) is 15.6. The molecule has 0 aliphatic carbocycles. The number of benzene rings is 3. The SMILES string of the molecule is CC(=O)[C@H](Cc1ccc2ccccc2c1)N1CCN(S(=O)(=O)c2ccccc2[N+](=O)[O-])[C@@H](CCNC(=O)OC(C)(C)C)C1. The van der Waals surface area contributed by atoms with Crippen LogP contribution in [0.25, 0.3) is 10.8 Å². The van der Waals surface area contributed by atoms with Crippen LogP contribution in [-0.2, 0) is 26.0 Å². The maximum Gasteiger partial charge on any atom is 0.407 e. The van der Waals surface area contributed by atoms with Crippen molar-refractivity contribution in [3.8, 4) is 0 Å². The highest BCUT2D eigenvalue weighted by Crippen LogP contribution is 2.30. The fourth-order valence-corrected chi connectivity index (χ4v) is 7.22. The van der Waals surface area contributed by atoms with E-state index in [9.17, 15) is 28.1 Å². The lowest BCUT2D eigenvalue weighted by atomic mass is 9.97. The van der Waals surface area contributed by atoms with Crippen molar-refractivity contribution in [3.63, 3.8) is 0 Å². The molecular formula is C31H38N4O7S. The predicted molar refractivity (Wildman–Crippen MR) is 163 cm³/mol. The van der Waals surface area contributed by atoms with E-state index in [2.05, 4.69) is 11.4 Å². The Morgan fingerprint density at radius 3 is 2.40 bits per heavy atom. The molecule has 4 rings (SSSR count). The molecule has 230 valence electrons. The highest BCUT2D eigenvalue weighted by atomic mass is 32.2. The number of piperazine rings is 1. The number of carbonyl (C=O) groups is 2. The van der Waals surface area contributed by atoms with E-state index in [1.807, 2.05) is 41.3 Å². The van der Waals surface area contributed by atoms with Crippen molar-refractivity contribution in [1.82, 2.24) is 14.5 Å². The molecule has 1 N–H and O–H groups in total. The van der Waals surface area contributed by atoms with E-state index >= 15 is 0 Å². The molecule has 0 saturated carbocycles. The van der Waals surface area contributed by atoms with Crippen LogP contribution in [0.15, 0.2) is 71.6 Å². The first-order chi connectivity index (χ1) is 20.3. The molecule has 0 bridgehead atoms. The number of rotatable bonds is 10. The summed E-state index contributed by atoms with van der Waals surface area (Å²) < 4.78 is 34.3. The Bertz CT molecular complexity index is 1600. The average molecular weight is 611 g/mol. The van der Waals surface area contributed by atoms with Crippen LogP contribution in [0.1, 0.15) is 39.7 Å². The van der Waals surface area contributed by atoms with E-state index in [1.165, 1.54) is 29.4 Å². The molecule has 1 heterocycles. The standard InChI is InChI=1S/C31H38N4O7S/c1-22(36)28(20-23-13-14-24-9-5-6-10-25(24)19-23)33-17-18-34(26(21-33)15-16-32-30(37)42-31(2,3)4)43(40,41)29-12-8-7-11-27(29)35(38)39/h5-14,19,26,28H,15-18,20-21H2,1-4H3,(H,32,37)/t26-,28-/m0/s1. The molecule has 0 radical (unpaired) electrons. The smallest absolute Gasteiger partial charge is 0.407 e. The highest BCUT2D eigenvalue weighted by molar-refractivity contribution is 7.89. The van der Waals surface area contributed by atoms with E-state index in [0.717, 1.165) is 22.4 Å². The van der Waals surface area contributed by atoms with Gasteiger partial charge in [0.2, 0.25) is 10.0 Å². The summed E-state index contributed by atoms with van der Waals surface area (Å²) in [4.78, 5) is 37.8. The summed E-state index contributed by atoms with van der Waals surface area (Å²) in [5.74, 6) is -0.0474. The molecule has 43 heavy (non-hydrogen) atoms. The second-order valence-corrected chi connectivity index (χ2v) is 13.6. The summed E-state index contributed by atoms with van der Waals surface area (Å²) in [5.41, 5.74) is -0.226. The number of sulfonamides is 1. The summed E-state index contributed by atoms with van der Waals surface area (Å²) in [7, 11) is -4.28. The Morgan fingerprint density at radius 2 is 1.72 bits per heavy atom. The van der Waals surface area contributed by atoms with Gasteiger partial charge in [-0.25, -0.2) is 13.2 Å². The number of nitrogens with one attached hydrogen (secondary N) is 1. The molecule has 3 aromatic rings. The Hall–Kier alpha value is -3.87. The van der Waals surface area contributed by atoms with Gasteiger partial charge in [0, 0.05) is 38.3 Å². The molecule has 2 atom stereocenters. The lowest BCUT2D eigenvalue weighted by molar-refractivity contribution is -0.387. The van der Waals surface area contributed by atoms with E-state index in [0.29, 0.717) is 6.42 Å². The van der Waals surface area contributed by atoms with Crippen LogP contribution in [0.3, 0.4) is 0 Å². The Morgan fingerprint density at radius 1 is 1.05 bits per heavy atom. The second kappa shape index (κ2) is 13.2. The highest BCUT2D eigenvalue weighted by Gasteiger charge is 2.41. The fourth-order valence-electron chi connectivity index (χ4n) is 5.42. The number of ether oxygens (including phenoxy) is 1. The summed E-state index contributed by atoms with van der Waals surface area (Å²) in [5, 5.41) is 16.5. The third kappa shape index (κ3) is 7.95. The van der Waals surface area contributed by atoms with E-state index in [4.69, 9.17) is 4.74 Å². The lowest BCUT2D eigenvalue weighted by Crippen LogP contribution is -2.59. The monoisotopic (exact) mass is 610 g/mol. The minimum Gasteiger partial charge on any atom is -0.444 e. The summed E-state index contributed by atoms with van der Waals surface area (Å²) in [6, 6.07) is 18.1. The minimum absolute atomic E-state index is 0.0208. The van der Waals surface area contributed by atoms with Gasteiger partial charge in [-0.15, -0.1) is 0 Å². The topological polar surface area (TPSA) is 139 Å². The van der Waals surface area contributed by atoms with E-state index in [-0.39, 0.29) is 38.4 Å². The minimum atomic E-state index is -4.28. The van der Waals surface area contributed by atoms with Crippen LogP contribution in [0.2, 0.25) is 0 Å². The Balaban J connectivity index is 1.60. The number of hydrogen-bond acceptors (Lipinski definition) is 8. The number of nitrogens with zero attached hydrogens (tertiary/aromatic N) is 3. The van der Waals surface area contributed by atoms with Crippen molar-refractivity contribution in [3.05, 3.63) is 82.4 Å². The third-order valence-corrected chi connectivity index (χ3v) is 9.41. The van der Waals surface area contributed by atoms with Crippen molar-refractivity contribution >= 4 is 38.4 Å². The molecule has 12 heteroatoms. The molecule has 0 spiro atoms. The van der Waals surface area contributed by atoms with Crippen molar-refractivity contribution in [2.24, 2.45) is 0 Å². The normalized spacial score (nSPS) is 17.3. The molecule has 1 amide bonds. The number of Topliss-reactive ketones (excluding diaryl/α,β-unsaturated/α-hetero) is 1. The van der Waals surface area contributed by atoms with Gasteiger partial charge in [0.05, 0.1) is 11.0 Å². The molecule has 1 saturated heterocycles. The summed E-state index contributed by atoms with van der Waals surface area (Å²) in [6.45, 7) is 7.33. The number of nitro groups is 1. The number of fused-ring (bicyclic) bond motifs is 1. The van der Waals surface area contributed by atoms with Gasteiger partial charge in [-0.2, -0.15) is 4.31 Å². The van der Waals surface area contributed by atoms with Crippen molar-refractivity contribution in [1.29, 1.82) is 0 Å². The largest absolute Gasteiger partial charge is 0.444 e. The molecular weight excluding hydrogens is 572 g/mol. The first-order valence-electron chi connectivity index (χ1n) is 14.2. The molecule has 0 aromatic heterocycles. The molecule has 0 unspecified atom stereocenters. The number of amides is 1. The first kappa shape index (κ1) is 32.1. The van der Waals surface area contributed by atoms with Crippen LogP contribution in [0.5, 0.6) is 0 Å². The van der Waals surface area contributed by atoms with E-state index < -0.39 is 49.3 Å². The maximum atomic E-state index is 13.9. The third-order valence-electron chi connectivity index (χ3n) is 7.41. The van der Waals surface area contributed by atoms with Crippen LogP contribution in [0.4, 0.5) is 10.5 Å². The molecule has 1 aliphatic heterocycles. The molecule has 1 aliphatic rings. The zero-order valence-electron chi connectivity index (χ0n) is 24.9. The van der Waals surface area contributed by atoms with Crippen LogP contribution in [0, 0.1) is 10.1 Å².